The van der Waals surface area contributed by atoms with Gasteiger partial charge in [0.25, 0.3) is 11.8 Å². The summed E-state index contributed by atoms with van der Waals surface area (Å²) in [5.41, 5.74) is 2.01. The fourth-order valence-corrected chi connectivity index (χ4v) is 5.43. The molecule has 0 saturated carbocycles. The number of anilines is 3. The molecule has 212 valence electrons. The number of amides is 2. The fourth-order valence-electron chi connectivity index (χ4n) is 4.57. The number of methoxy groups -OCH3 is 1. The van der Waals surface area contributed by atoms with E-state index in [0.717, 1.165) is 49.8 Å². The van der Waals surface area contributed by atoms with Gasteiger partial charge in [0.15, 0.2) is 5.13 Å². The molecule has 0 radical (unpaired) electrons. The predicted molar refractivity (Wildman–Crippen MR) is 152 cm³/mol. The van der Waals surface area contributed by atoms with Gasteiger partial charge in [-0.05, 0) is 24.3 Å². The Morgan fingerprint density at radius 1 is 1.07 bits per heavy atom. The third kappa shape index (κ3) is 7.03. The van der Waals surface area contributed by atoms with Crippen molar-refractivity contribution in [3.8, 4) is 6.01 Å². The maximum atomic E-state index is 13.2. The largest absolute Gasteiger partial charge is 0.460 e. The highest BCUT2D eigenvalue weighted by molar-refractivity contribution is 7.14. The summed E-state index contributed by atoms with van der Waals surface area (Å²) in [6.07, 6.45) is 4.96. The first-order valence-electron chi connectivity index (χ1n) is 13.3. The molecule has 2 aliphatic heterocycles. The first-order valence-corrected chi connectivity index (χ1v) is 14.2. The molecule has 2 aromatic heterocycles. The second kappa shape index (κ2) is 13.5. The van der Waals surface area contributed by atoms with Gasteiger partial charge >= 0.3 is 6.01 Å². The molecule has 13 heteroatoms. The van der Waals surface area contributed by atoms with E-state index in [-0.39, 0.29) is 17.9 Å². The molecule has 2 aliphatic rings. The highest BCUT2D eigenvalue weighted by Gasteiger charge is 2.25. The van der Waals surface area contributed by atoms with Gasteiger partial charge in [0.2, 0.25) is 0 Å². The summed E-state index contributed by atoms with van der Waals surface area (Å²) < 4.78 is 16.4. The van der Waals surface area contributed by atoms with Crippen LogP contribution in [0.2, 0.25) is 0 Å². The van der Waals surface area contributed by atoms with Gasteiger partial charge in [0, 0.05) is 76.1 Å². The van der Waals surface area contributed by atoms with Gasteiger partial charge in [-0.3, -0.25) is 9.59 Å². The third-order valence-electron chi connectivity index (χ3n) is 6.72. The smallest absolute Gasteiger partial charge is 0.316 e. The Balaban J connectivity index is 1.23. The Morgan fingerprint density at radius 3 is 2.60 bits per heavy atom. The Morgan fingerprint density at radius 2 is 1.85 bits per heavy atom. The van der Waals surface area contributed by atoms with E-state index in [4.69, 9.17) is 14.2 Å². The van der Waals surface area contributed by atoms with Gasteiger partial charge in [-0.25, -0.2) is 15.0 Å². The number of piperidine rings is 1. The van der Waals surface area contributed by atoms with Crippen molar-refractivity contribution in [2.75, 3.05) is 74.8 Å². The Hall–Kier alpha value is -3.81. The van der Waals surface area contributed by atoms with Gasteiger partial charge in [0.05, 0.1) is 31.1 Å². The number of carbonyl (C=O) groups is 2. The number of hydrogen-bond donors (Lipinski definition) is 2. The monoisotopic (exact) mass is 567 g/mol. The highest BCUT2D eigenvalue weighted by Crippen LogP contribution is 2.28. The summed E-state index contributed by atoms with van der Waals surface area (Å²) in [7, 11) is 1.58. The van der Waals surface area contributed by atoms with E-state index >= 15 is 0 Å². The molecule has 2 N–H and O–H groups in total. The molecular weight excluding hydrogens is 534 g/mol. The SMILES string of the molecule is COCCNC(=O)c1cc(N2CCOCC2)ccc1NC(=O)c1csc(N2CCC(Oc3ncccn3)CC2)n1. The lowest BCUT2D eigenvalue weighted by Crippen LogP contribution is -2.38. The van der Waals surface area contributed by atoms with Crippen molar-refractivity contribution in [1.82, 2.24) is 20.3 Å². The van der Waals surface area contributed by atoms with Crippen LogP contribution in [0.1, 0.15) is 33.7 Å². The summed E-state index contributed by atoms with van der Waals surface area (Å²) in [6, 6.07) is 7.63. The maximum Gasteiger partial charge on any atom is 0.316 e. The van der Waals surface area contributed by atoms with Crippen LogP contribution in [0.5, 0.6) is 6.01 Å². The van der Waals surface area contributed by atoms with Crippen molar-refractivity contribution in [2.45, 2.75) is 18.9 Å². The zero-order valence-corrected chi connectivity index (χ0v) is 23.2. The summed E-state index contributed by atoms with van der Waals surface area (Å²) in [5, 5.41) is 8.27. The van der Waals surface area contributed by atoms with Crippen LogP contribution in [0.15, 0.2) is 42.0 Å². The minimum atomic E-state index is -0.369. The molecule has 2 saturated heterocycles. The molecule has 12 nitrogen and oxygen atoms in total. The molecule has 40 heavy (non-hydrogen) atoms. The summed E-state index contributed by atoms with van der Waals surface area (Å²) in [6.45, 7) is 4.99. The number of rotatable bonds is 10. The van der Waals surface area contributed by atoms with Crippen LogP contribution in [0.4, 0.5) is 16.5 Å². The minimum Gasteiger partial charge on any atom is -0.460 e. The van der Waals surface area contributed by atoms with E-state index in [0.29, 0.717) is 49.3 Å². The van der Waals surface area contributed by atoms with Crippen molar-refractivity contribution in [1.29, 1.82) is 0 Å². The number of nitrogens with one attached hydrogen (secondary N) is 2. The standard InChI is InChI=1S/C27H33N7O5S/c1-37-14-9-28-24(35)21-17-19(33-12-15-38-16-13-33)3-4-22(21)31-25(36)23-18-40-27(32-23)34-10-5-20(6-11-34)39-26-29-7-2-8-30-26/h2-4,7-8,17-18,20H,5-6,9-16H2,1H3,(H,28,35)(H,31,36). The van der Waals surface area contributed by atoms with Crippen LogP contribution in [-0.4, -0.2) is 92.5 Å². The van der Waals surface area contributed by atoms with Gasteiger partial charge in [-0.1, -0.05) is 0 Å². The molecule has 0 aliphatic carbocycles. The van der Waals surface area contributed by atoms with Crippen LogP contribution in [0.3, 0.4) is 0 Å². The summed E-state index contributed by atoms with van der Waals surface area (Å²) in [4.78, 5) is 43.4. The first kappa shape index (κ1) is 27.7. The Bertz CT molecular complexity index is 1280. The normalized spacial score (nSPS) is 16.0. The van der Waals surface area contributed by atoms with E-state index in [1.165, 1.54) is 11.3 Å². The molecule has 4 heterocycles. The van der Waals surface area contributed by atoms with E-state index in [9.17, 15) is 9.59 Å². The van der Waals surface area contributed by atoms with E-state index < -0.39 is 0 Å². The maximum absolute atomic E-state index is 13.2. The number of nitrogens with zero attached hydrogens (tertiary/aromatic N) is 5. The Labute approximate surface area is 236 Å². The molecule has 0 unspecified atom stereocenters. The molecule has 5 rings (SSSR count). The van der Waals surface area contributed by atoms with Gasteiger partial charge < -0.3 is 34.6 Å². The van der Waals surface area contributed by atoms with E-state index in [1.54, 1.807) is 37.0 Å². The van der Waals surface area contributed by atoms with Crippen molar-refractivity contribution in [3.05, 3.63) is 53.3 Å². The zero-order chi connectivity index (χ0) is 27.7. The number of carbonyl (C=O) groups excluding carboxylic acids is 2. The number of thiazole rings is 1. The van der Waals surface area contributed by atoms with Crippen molar-refractivity contribution in [2.24, 2.45) is 0 Å². The predicted octanol–water partition coefficient (Wildman–Crippen LogP) is 2.45. The minimum absolute atomic E-state index is 0.0373. The van der Waals surface area contributed by atoms with Crippen LogP contribution in [0, 0.1) is 0 Å². The van der Waals surface area contributed by atoms with E-state index in [1.807, 2.05) is 12.1 Å². The zero-order valence-electron chi connectivity index (χ0n) is 22.4. The molecule has 1 aromatic carbocycles. The average molecular weight is 568 g/mol. The van der Waals surface area contributed by atoms with Gasteiger partial charge in [-0.2, -0.15) is 0 Å². The number of aromatic nitrogens is 3. The molecule has 2 amide bonds. The van der Waals surface area contributed by atoms with Crippen LogP contribution in [0.25, 0.3) is 0 Å². The fraction of sp³-hybridized carbons (Fsp3) is 0.444. The second-order valence-corrected chi connectivity index (χ2v) is 10.2. The molecular formula is C27H33N7O5S. The lowest BCUT2D eigenvalue weighted by atomic mass is 10.1. The molecule has 0 atom stereocenters. The van der Waals surface area contributed by atoms with E-state index in [2.05, 4.69) is 35.4 Å². The van der Waals surface area contributed by atoms with Gasteiger partial charge in [-0.15, -0.1) is 11.3 Å². The third-order valence-corrected chi connectivity index (χ3v) is 7.62. The molecule has 3 aromatic rings. The topological polar surface area (TPSA) is 131 Å². The lowest BCUT2D eigenvalue weighted by Gasteiger charge is -2.31. The summed E-state index contributed by atoms with van der Waals surface area (Å²) in [5.74, 6) is -0.653. The quantitative estimate of drug-likeness (QED) is 0.352. The van der Waals surface area contributed by atoms with Crippen molar-refractivity contribution < 1.29 is 23.8 Å². The number of morpholine rings is 1. The van der Waals surface area contributed by atoms with Crippen molar-refractivity contribution in [3.63, 3.8) is 0 Å². The molecule has 0 spiro atoms. The van der Waals surface area contributed by atoms with Crippen LogP contribution < -0.4 is 25.2 Å². The molecule has 2 fully saturated rings. The number of hydrogen-bond acceptors (Lipinski definition) is 11. The second-order valence-electron chi connectivity index (χ2n) is 9.38. The first-order chi connectivity index (χ1) is 19.6. The highest BCUT2D eigenvalue weighted by atomic mass is 32.1. The average Bonchev–Trinajstić information content (AvgIpc) is 3.50. The van der Waals surface area contributed by atoms with Crippen molar-refractivity contribution >= 4 is 39.7 Å². The molecule has 0 bridgehead atoms. The number of benzene rings is 1. The van der Waals surface area contributed by atoms with Crippen LogP contribution >= 0.6 is 11.3 Å². The van der Waals surface area contributed by atoms with Gasteiger partial charge in [0.1, 0.15) is 11.8 Å². The van der Waals surface area contributed by atoms with Crippen LogP contribution in [-0.2, 0) is 9.47 Å². The lowest BCUT2D eigenvalue weighted by molar-refractivity contribution is 0.0938. The number of ether oxygens (including phenoxy) is 3. The summed E-state index contributed by atoms with van der Waals surface area (Å²) >= 11 is 1.42. The Kier molecular flexibility index (Phi) is 9.37.